The van der Waals surface area contributed by atoms with Crippen LogP contribution in [0.1, 0.15) is 30.8 Å². The molecule has 0 saturated carbocycles. The van der Waals surface area contributed by atoms with Gasteiger partial charge in [-0.25, -0.2) is 0 Å². The molecule has 1 aliphatic heterocycles. The molecular weight excluding hydrogens is 372 g/mol. The fraction of sp³-hybridized carbons (Fsp3) is 0.500. The average molecular weight is 400 g/mol. The lowest BCUT2D eigenvalue weighted by Gasteiger charge is -2.27. The molecule has 2 N–H and O–H groups in total. The summed E-state index contributed by atoms with van der Waals surface area (Å²) >= 11 is 0. The van der Waals surface area contributed by atoms with Gasteiger partial charge in [0.2, 0.25) is 5.95 Å². The first-order valence-electron chi connectivity index (χ1n) is 9.60. The largest absolute Gasteiger partial charge is 0.460 e. The van der Waals surface area contributed by atoms with Gasteiger partial charge in [0.25, 0.3) is 0 Å². The van der Waals surface area contributed by atoms with Crippen LogP contribution in [-0.2, 0) is 4.74 Å². The third kappa shape index (κ3) is 6.37. The third-order valence-electron chi connectivity index (χ3n) is 4.35. The quantitative estimate of drug-likeness (QED) is 0.537. The van der Waals surface area contributed by atoms with Crippen LogP contribution < -0.4 is 15.1 Å². The van der Waals surface area contributed by atoms with Crippen molar-refractivity contribution in [3.8, 4) is 6.01 Å². The first-order chi connectivity index (χ1) is 13.8. The normalized spacial score (nSPS) is 15.0. The summed E-state index contributed by atoms with van der Waals surface area (Å²) in [5, 5.41) is 14.2. The van der Waals surface area contributed by atoms with E-state index >= 15 is 0 Å². The highest BCUT2D eigenvalue weighted by atomic mass is 16.5. The van der Waals surface area contributed by atoms with Gasteiger partial charge in [-0.2, -0.15) is 20.1 Å². The van der Waals surface area contributed by atoms with Crippen molar-refractivity contribution in [2.45, 2.75) is 33.3 Å². The van der Waals surface area contributed by atoms with Crippen molar-refractivity contribution in [2.24, 2.45) is 5.10 Å². The number of nitrogens with one attached hydrogen (secondary N) is 1. The standard InChI is InChI=1S/C20H28N6O3/c1-14-5-6-16(11-15(14)2)25-21-12-17-22-18(26-7-9-28-10-8-26)24-19(23-17)29-13-20(3,4)27/h5-6,11-12,25,27H,7-10,13H2,1-4H3. The maximum Gasteiger partial charge on any atom is 0.321 e. The van der Waals surface area contributed by atoms with Crippen molar-refractivity contribution >= 4 is 17.9 Å². The summed E-state index contributed by atoms with van der Waals surface area (Å²) < 4.78 is 11.0. The van der Waals surface area contributed by atoms with E-state index in [9.17, 15) is 5.11 Å². The maximum absolute atomic E-state index is 9.92. The number of nitrogens with zero attached hydrogens (tertiary/aromatic N) is 5. The number of hydrogen-bond acceptors (Lipinski definition) is 9. The molecule has 0 bridgehead atoms. The zero-order valence-electron chi connectivity index (χ0n) is 17.3. The second kappa shape index (κ2) is 9.15. The topological polar surface area (TPSA) is 105 Å². The lowest BCUT2D eigenvalue weighted by Crippen LogP contribution is -2.37. The Bertz CT molecular complexity index is 860. The summed E-state index contributed by atoms with van der Waals surface area (Å²) in [5.41, 5.74) is 5.28. The predicted octanol–water partition coefficient (Wildman–Crippen LogP) is 1.92. The number of rotatable bonds is 7. The molecule has 1 fully saturated rings. The lowest BCUT2D eigenvalue weighted by molar-refractivity contribution is 0.0249. The Morgan fingerprint density at radius 2 is 1.97 bits per heavy atom. The van der Waals surface area contributed by atoms with Crippen molar-refractivity contribution in [3.05, 3.63) is 35.2 Å². The minimum absolute atomic E-state index is 0.0665. The zero-order valence-corrected chi connectivity index (χ0v) is 17.3. The van der Waals surface area contributed by atoms with Crippen LogP contribution in [0.2, 0.25) is 0 Å². The van der Waals surface area contributed by atoms with Gasteiger partial charge in [0.05, 0.1) is 30.7 Å². The summed E-state index contributed by atoms with van der Waals surface area (Å²) in [6.45, 7) is 10.1. The molecule has 1 aromatic carbocycles. The molecule has 0 spiro atoms. The number of aliphatic hydroxyl groups is 1. The molecule has 9 nitrogen and oxygen atoms in total. The van der Waals surface area contributed by atoms with E-state index in [0.29, 0.717) is 38.1 Å². The maximum atomic E-state index is 9.92. The molecule has 0 amide bonds. The van der Waals surface area contributed by atoms with Crippen LogP contribution in [0.3, 0.4) is 0 Å². The summed E-state index contributed by atoms with van der Waals surface area (Å²) in [6.07, 6.45) is 1.53. The molecular formula is C20H28N6O3. The molecule has 0 unspecified atom stereocenters. The Balaban J connectivity index is 1.78. The summed E-state index contributed by atoms with van der Waals surface area (Å²) in [6, 6.07) is 6.17. The highest BCUT2D eigenvalue weighted by Crippen LogP contribution is 2.16. The van der Waals surface area contributed by atoms with Crippen LogP contribution in [0.5, 0.6) is 6.01 Å². The van der Waals surface area contributed by atoms with Gasteiger partial charge in [0.1, 0.15) is 6.61 Å². The first-order valence-corrected chi connectivity index (χ1v) is 9.60. The summed E-state index contributed by atoms with van der Waals surface area (Å²) in [5.74, 6) is 0.866. The molecule has 0 radical (unpaired) electrons. The molecule has 0 atom stereocenters. The molecule has 1 aromatic heterocycles. The van der Waals surface area contributed by atoms with Gasteiger partial charge in [-0.05, 0) is 51.0 Å². The van der Waals surface area contributed by atoms with Gasteiger partial charge in [-0.3, -0.25) is 5.43 Å². The van der Waals surface area contributed by atoms with E-state index in [2.05, 4.69) is 39.3 Å². The Hall–Kier alpha value is -2.78. The molecule has 1 aliphatic rings. The Morgan fingerprint density at radius 1 is 1.21 bits per heavy atom. The van der Waals surface area contributed by atoms with Crippen molar-refractivity contribution in [1.29, 1.82) is 0 Å². The first kappa shape index (κ1) is 20.9. The molecule has 3 rings (SSSR count). The van der Waals surface area contributed by atoms with Crippen molar-refractivity contribution < 1.29 is 14.6 Å². The molecule has 2 heterocycles. The number of morpholine rings is 1. The third-order valence-corrected chi connectivity index (χ3v) is 4.35. The summed E-state index contributed by atoms with van der Waals surface area (Å²) in [4.78, 5) is 15.2. The summed E-state index contributed by atoms with van der Waals surface area (Å²) in [7, 11) is 0. The Morgan fingerprint density at radius 3 is 2.66 bits per heavy atom. The molecule has 9 heteroatoms. The van der Waals surface area contributed by atoms with Gasteiger partial charge < -0.3 is 19.5 Å². The Kier molecular flexibility index (Phi) is 6.60. The number of hydrogen-bond donors (Lipinski definition) is 2. The number of aromatic nitrogens is 3. The molecule has 0 aliphatic carbocycles. The molecule has 29 heavy (non-hydrogen) atoms. The van der Waals surface area contributed by atoms with Crippen molar-refractivity contribution in [1.82, 2.24) is 15.0 Å². The van der Waals surface area contributed by atoms with Crippen LogP contribution in [0, 0.1) is 13.8 Å². The van der Waals surface area contributed by atoms with Gasteiger partial charge >= 0.3 is 6.01 Å². The average Bonchev–Trinajstić information content (AvgIpc) is 2.69. The van der Waals surface area contributed by atoms with Gasteiger partial charge in [0.15, 0.2) is 5.82 Å². The second-order valence-corrected chi connectivity index (χ2v) is 7.65. The van der Waals surface area contributed by atoms with Crippen LogP contribution in [0.25, 0.3) is 0 Å². The minimum atomic E-state index is -0.995. The number of aryl methyl sites for hydroxylation is 2. The van der Waals surface area contributed by atoms with Crippen LogP contribution in [0.15, 0.2) is 23.3 Å². The van der Waals surface area contributed by atoms with E-state index in [1.807, 2.05) is 23.1 Å². The second-order valence-electron chi connectivity index (χ2n) is 7.65. The molecule has 156 valence electrons. The van der Waals surface area contributed by atoms with E-state index in [-0.39, 0.29) is 12.6 Å². The van der Waals surface area contributed by atoms with E-state index in [4.69, 9.17) is 9.47 Å². The van der Waals surface area contributed by atoms with E-state index in [0.717, 1.165) is 5.69 Å². The highest BCUT2D eigenvalue weighted by Gasteiger charge is 2.19. The molecule has 2 aromatic rings. The van der Waals surface area contributed by atoms with Gasteiger partial charge in [0, 0.05) is 13.1 Å². The van der Waals surface area contributed by atoms with E-state index < -0.39 is 5.60 Å². The monoisotopic (exact) mass is 400 g/mol. The molecule has 1 saturated heterocycles. The SMILES string of the molecule is Cc1ccc(NN=Cc2nc(OCC(C)(C)O)nc(N3CCOCC3)n2)cc1C. The highest BCUT2D eigenvalue weighted by molar-refractivity contribution is 5.75. The fourth-order valence-electron chi connectivity index (χ4n) is 2.60. The van der Waals surface area contributed by atoms with Crippen LogP contribution in [0.4, 0.5) is 11.6 Å². The Labute approximate surface area is 170 Å². The number of benzene rings is 1. The number of anilines is 2. The zero-order chi connectivity index (χ0) is 20.9. The fourth-order valence-corrected chi connectivity index (χ4v) is 2.60. The number of hydrazone groups is 1. The number of ether oxygens (including phenoxy) is 2. The predicted molar refractivity (Wildman–Crippen MR) is 112 cm³/mol. The van der Waals surface area contributed by atoms with Gasteiger partial charge in [-0.15, -0.1) is 0 Å². The van der Waals surface area contributed by atoms with Gasteiger partial charge in [-0.1, -0.05) is 6.07 Å². The lowest BCUT2D eigenvalue weighted by atomic mass is 10.1. The minimum Gasteiger partial charge on any atom is -0.460 e. The van der Waals surface area contributed by atoms with Crippen LogP contribution >= 0.6 is 0 Å². The van der Waals surface area contributed by atoms with E-state index in [1.54, 1.807) is 13.8 Å². The van der Waals surface area contributed by atoms with Crippen molar-refractivity contribution in [2.75, 3.05) is 43.2 Å². The smallest absolute Gasteiger partial charge is 0.321 e. The van der Waals surface area contributed by atoms with Crippen molar-refractivity contribution in [3.63, 3.8) is 0 Å². The van der Waals surface area contributed by atoms with E-state index in [1.165, 1.54) is 17.3 Å². The van der Waals surface area contributed by atoms with Crippen LogP contribution in [-0.4, -0.2) is 64.8 Å².